The summed E-state index contributed by atoms with van der Waals surface area (Å²) in [5.41, 5.74) is 1.68. The van der Waals surface area contributed by atoms with Crippen LogP contribution in [0, 0.1) is 0 Å². The number of anilines is 1. The zero-order chi connectivity index (χ0) is 18.9. The molecule has 1 saturated heterocycles. The molecule has 26 heavy (non-hydrogen) atoms. The molecule has 2 N–H and O–H groups in total. The van der Waals surface area contributed by atoms with E-state index in [1.807, 2.05) is 24.3 Å². The van der Waals surface area contributed by atoms with Gasteiger partial charge in [0.25, 0.3) is 0 Å². The van der Waals surface area contributed by atoms with Gasteiger partial charge in [0, 0.05) is 5.69 Å². The van der Waals surface area contributed by atoms with E-state index in [-0.39, 0.29) is 18.4 Å². The monoisotopic (exact) mass is 359 g/mol. The molecule has 1 heterocycles. The van der Waals surface area contributed by atoms with Crippen LogP contribution in [0.5, 0.6) is 0 Å². The van der Waals surface area contributed by atoms with E-state index in [4.69, 9.17) is 0 Å². The molecule has 3 atom stereocenters. The fraction of sp³-hybridized carbons (Fsp3) is 0.591. The number of unbranched alkanes of at least 4 members (excludes halogenated alkanes) is 3. The summed E-state index contributed by atoms with van der Waals surface area (Å²) in [5, 5.41) is 20.6. The third-order valence-corrected chi connectivity index (χ3v) is 5.06. The van der Waals surface area contributed by atoms with Gasteiger partial charge in [-0.05, 0) is 37.0 Å². The maximum atomic E-state index is 12.4. The first-order valence-electron chi connectivity index (χ1n) is 10.0. The normalized spacial score (nSPS) is 21.7. The van der Waals surface area contributed by atoms with Crippen molar-refractivity contribution in [3.63, 3.8) is 0 Å². The molecule has 4 nitrogen and oxygen atoms in total. The van der Waals surface area contributed by atoms with Crippen LogP contribution in [0.4, 0.5) is 5.69 Å². The Hall–Kier alpha value is -1.65. The van der Waals surface area contributed by atoms with Crippen molar-refractivity contribution in [2.24, 2.45) is 0 Å². The van der Waals surface area contributed by atoms with Gasteiger partial charge >= 0.3 is 0 Å². The Kier molecular flexibility index (Phi) is 8.33. The zero-order valence-electron chi connectivity index (χ0n) is 16.1. The summed E-state index contributed by atoms with van der Waals surface area (Å²) in [5.74, 6) is -0.0392. The fourth-order valence-electron chi connectivity index (χ4n) is 3.50. The topological polar surface area (TPSA) is 60.8 Å². The first-order valence-corrected chi connectivity index (χ1v) is 10.0. The van der Waals surface area contributed by atoms with E-state index < -0.39 is 12.2 Å². The van der Waals surface area contributed by atoms with Crippen molar-refractivity contribution in [3.8, 4) is 0 Å². The molecule has 1 aromatic carbocycles. The smallest absolute Gasteiger partial charge is 0.230 e. The summed E-state index contributed by atoms with van der Waals surface area (Å²) >= 11 is 0. The highest BCUT2D eigenvalue weighted by atomic mass is 16.3. The minimum atomic E-state index is -0.631. The van der Waals surface area contributed by atoms with Crippen LogP contribution in [0.25, 0.3) is 0 Å². The van der Waals surface area contributed by atoms with Crippen LogP contribution < -0.4 is 4.90 Å². The van der Waals surface area contributed by atoms with E-state index in [0.717, 1.165) is 49.8 Å². The average molecular weight is 360 g/mol. The van der Waals surface area contributed by atoms with Crippen LogP contribution in [0.2, 0.25) is 0 Å². The van der Waals surface area contributed by atoms with E-state index >= 15 is 0 Å². The van der Waals surface area contributed by atoms with Crippen molar-refractivity contribution in [1.82, 2.24) is 0 Å². The Balaban J connectivity index is 2.05. The van der Waals surface area contributed by atoms with Gasteiger partial charge in [0.1, 0.15) is 0 Å². The van der Waals surface area contributed by atoms with Crippen LogP contribution >= 0.6 is 0 Å². The Morgan fingerprint density at radius 1 is 1.15 bits per heavy atom. The van der Waals surface area contributed by atoms with Crippen molar-refractivity contribution in [2.45, 2.75) is 83.5 Å². The quantitative estimate of drug-likeness (QED) is 0.477. The SMILES string of the molecule is CCC/C=C\CC1C(O)CC(=O)N1c1ccc(C(O)CCCCC)cc1. The van der Waals surface area contributed by atoms with Crippen molar-refractivity contribution in [1.29, 1.82) is 0 Å². The van der Waals surface area contributed by atoms with E-state index in [9.17, 15) is 15.0 Å². The van der Waals surface area contributed by atoms with Crippen molar-refractivity contribution in [3.05, 3.63) is 42.0 Å². The summed E-state index contributed by atoms with van der Waals surface area (Å²) < 4.78 is 0. The molecule has 1 aliphatic rings. The van der Waals surface area contributed by atoms with E-state index in [1.165, 1.54) is 0 Å². The molecule has 4 heteroatoms. The third-order valence-electron chi connectivity index (χ3n) is 5.06. The number of hydrogen-bond donors (Lipinski definition) is 2. The number of aliphatic hydroxyl groups excluding tert-OH is 2. The van der Waals surface area contributed by atoms with Crippen molar-refractivity contribution < 1.29 is 15.0 Å². The minimum Gasteiger partial charge on any atom is -0.390 e. The second-order valence-corrected chi connectivity index (χ2v) is 7.20. The highest BCUT2D eigenvalue weighted by Gasteiger charge is 2.38. The molecular formula is C22H33NO3. The molecule has 0 bridgehead atoms. The lowest BCUT2D eigenvalue weighted by Crippen LogP contribution is -2.36. The molecule has 144 valence electrons. The average Bonchev–Trinajstić information content (AvgIpc) is 2.92. The molecule has 0 spiro atoms. The van der Waals surface area contributed by atoms with Crippen molar-refractivity contribution >= 4 is 11.6 Å². The number of aliphatic hydroxyl groups is 2. The molecule has 0 saturated carbocycles. The Bertz CT molecular complexity index is 582. The lowest BCUT2D eigenvalue weighted by molar-refractivity contribution is -0.117. The van der Waals surface area contributed by atoms with E-state index in [0.29, 0.717) is 6.42 Å². The first kappa shape index (κ1) is 20.7. The highest BCUT2D eigenvalue weighted by molar-refractivity contribution is 5.97. The Morgan fingerprint density at radius 3 is 2.54 bits per heavy atom. The summed E-state index contributed by atoms with van der Waals surface area (Å²) in [7, 11) is 0. The number of allylic oxidation sites excluding steroid dienone is 1. The number of nitrogens with zero attached hydrogens (tertiary/aromatic N) is 1. The molecule has 2 rings (SSSR count). The molecule has 1 amide bonds. The van der Waals surface area contributed by atoms with Gasteiger partial charge in [-0.1, -0.05) is 63.8 Å². The molecule has 1 aliphatic heterocycles. The number of rotatable bonds is 10. The number of amides is 1. The van der Waals surface area contributed by atoms with Crippen LogP contribution in [-0.2, 0) is 4.79 Å². The summed E-state index contributed by atoms with van der Waals surface area (Å²) in [6.45, 7) is 4.28. The van der Waals surface area contributed by atoms with Gasteiger partial charge in [-0.3, -0.25) is 4.79 Å². The molecule has 3 unspecified atom stereocenters. The van der Waals surface area contributed by atoms with Crippen LogP contribution in [0.1, 0.15) is 76.9 Å². The van der Waals surface area contributed by atoms with Gasteiger partial charge in [-0.2, -0.15) is 0 Å². The lowest BCUT2D eigenvalue weighted by atomic mass is 10.0. The highest BCUT2D eigenvalue weighted by Crippen LogP contribution is 2.30. The zero-order valence-corrected chi connectivity index (χ0v) is 16.1. The molecule has 0 aliphatic carbocycles. The molecular weight excluding hydrogens is 326 g/mol. The van der Waals surface area contributed by atoms with Gasteiger partial charge < -0.3 is 15.1 Å². The fourth-order valence-corrected chi connectivity index (χ4v) is 3.50. The predicted octanol–water partition coefficient (Wildman–Crippen LogP) is 4.51. The number of hydrogen-bond acceptors (Lipinski definition) is 3. The van der Waals surface area contributed by atoms with Gasteiger partial charge in [0.05, 0.1) is 24.7 Å². The van der Waals surface area contributed by atoms with Crippen molar-refractivity contribution in [2.75, 3.05) is 4.90 Å². The van der Waals surface area contributed by atoms with Crippen LogP contribution in [-0.4, -0.2) is 28.3 Å². The second-order valence-electron chi connectivity index (χ2n) is 7.20. The molecule has 1 aromatic rings. The third kappa shape index (κ3) is 5.42. The number of carbonyl (C=O) groups is 1. The van der Waals surface area contributed by atoms with E-state index in [2.05, 4.69) is 26.0 Å². The molecule has 0 radical (unpaired) electrons. The largest absolute Gasteiger partial charge is 0.390 e. The molecule has 1 fully saturated rings. The summed E-state index contributed by atoms with van der Waals surface area (Å²) in [6.07, 6.45) is 10.1. The lowest BCUT2D eigenvalue weighted by Gasteiger charge is -2.26. The van der Waals surface area contributed by atoms with Crippen LogP contribution in [0.3, 0.4) is 0 Å². The molecule has 0 aromatic heterocycles. The maximum absolute atomic E-state index is 12.4. The van der Waals surface area contributed by atoms with Gasteiger partial charge in [0.15, 0.2) is 0 Å². The predicted molar refractivity (Wildman–Crippen MR) is 106 cm³/mol. The maximum Gasteiger partial charge on any atom is 0.230 e. The van der Waals surface area contributed by atoms with E-state index in [1.54, 1.807) is 4.90 Å². The Morgan fingerprint density at radius 2 is 1.88 bits per heavy atom. The second kappa shape index (κ2) is 10.5. The standard InChI is InChI=1S/C22H33NO3/c1-3-5-7-9-10-19-21(25)16-22(26)23(19)18-14-12-17(13-15-18)20(24)11-8-6-4-2/h7,9,12-15,19-21,24-25H,3-6,8,10-11,16H2,1-2H3/b9-7-. The van der Waals surface area contributed by atoms with Gasteiger partial charge in [0.2, 0.25) is 5.91 Å². The number of benzene rings is 1. The minimum absolute atomic E-state index is 0.0392. The number of carbonyl (C=O) groups excluding carboxylic acids is 1. The van der Waals surface area contributed by atoms with Gasteiger partial charge in [-0.15, -0.1) is 0 Å². The first-order chi connectivity index (χ1) is 12.6. The summed E-state index contributed by atoms with van der Waals surface area (Å²) in [6, 6.07) is 7.35. The summed E-state index contributed by atoms with van der Waals surface area (Å²) in [4.78, 5) is 14.1. The Labute approximate surface area is 157 Å². The van der Waals surface area contributed by atoms with Crippen LogP contribution in [0.15, 0.2) is 36.4 Å². The van der Waals surface area contributed by atoms with Gasteiger partial charge in [-0.25, -0.2) is 0 Å².